The lowest BCUT2D eigenvalue weighted by atomic mass is 10.0. The molecule has 2 rings (SSSR count). The van der Waals surface area contributed by atoms with E-state index >= 15 is 0 Å². The van der Waals surface area contributed by atoms with Crippen molar-refractivity contribution in [2.24, 2.45) is 7.05 Å². The number of hydrogen-bond donors (Lipinski definition) is 1. The van der Waals surface area contributed by atoms with Crippen LogP contribution >= 0.6 is 0 Å². The van der Waals surface area contributed by atoms with Crippen LogP contribution in [0.25, 0.3) is 0 Å². The van der Waals surface area contributed by atoms with E-state index in [-0.39, 0.29) is 11.9 Å². The normalized spacial score (nSPS) is 12.7. The largest absolute Gasteiger partial charge is 0.308 e. The Kier molecular flexibility index (Phi) is 3.24. The van der Waals surface area contributed by atoms with Gasteiger partial charge in [0.1, 0.15) is 5.82 Å². The Bertz CT molecular complexity index is 519. The molecule has 1 N–H and O–H groups in total. The lowest BCUT2D eigenvalue weighted by Gasteiger charge is -2.17. The molecule has 1 aromatic heterocycles. The highest BCUT2D eigenvalue weighted by Gasteiger charge is 2.15. The van der Waals surface area contributed by atoms with Gasteiger partial charge in [-0.1, -0.05) is 12.1 Å². The minimum absolute atomic E-state index is 0.0294. The number of benzene rings is 1. The van der Waals surface area contributed by atoms with Gasteiger partial charge in [0.2, 0.25) is 0 Å². The zero-order chi connectivity index (χ0) is 12.4. The Hall–Kier alpha value is -1.68. The Balaban J connectivity index is 2.42. The zero-order valence-electron chi connectivity index (χ0n) is 10.2. The molecule has 1 unspecified atom stereocenters. The summed E-state index contributed by atoms with van der Waals surface area (Å²) < 4.78 is 15.1. The summed E-state index contributed by atoms with van der Waals surface area (Å²) in [5.74, 6) is -0.173. The monoisotopic (exact) mass is 233 g/mol. The van der Waals surface area contributed by atoms with E-state index in [2.05, 4.69) is 10.4 Å². The standard InChI is InChI=1S/C13H16FN3/c1-9-8-10(4-5-11(9)14)13(15-2)12-6-7-16-17(12)3/h4-8,13,15H,1-3H3. The van der Waals surface area contributed by atoms with Crippen molar-refractivity contribution in [2.45, 2.75) is 13.0 Å². The van der Waals surface area contributed by atoms with Crippen molar-refractivity contribution in [3.05, 3.63) is 53.1 Å². The van der Waals surface area contributed by atoms with Gasteiger partial charge in [-0.15, -0.1) is 0 Å². The van der Waals surface area contributed by atoms with E-state index in [9.17, 15) is 4.39 Å². The SMILES string of the molecule is CNC(c1ccc(F)c(C)c1)c1ccnn1C. The van der Waals surface area contributed by atoms with Gasteiger partial charge in [-0.05, 0) is 37.2 Å². The van der Waals surface area contributed by atoms with Crippen LogP contribution in [0.2, 0.25) is 0 Å². The number of aromatic nitrogens is 2. The summed E-state index contributed by atoms with van der Waals surface area (Å²) in [7, 11) is 3.78. The highest BCUT2D eigenvalue weighted by molar-refractivity contribution is 5.31. The molecule has 0 aliphatic heterocycles. The van der Waals surface area contributed by atoms with Gasteiger partial charge in [0.05, 0.1) is 11.7 Å². The second-order valence-electron chi connectivity index (χ2n) is 4.11. The average Bonchev–Trinajstić information content (AvgIpc) is 2.71. The molecular formula is C13H16FN3. The first-order chi connectivity index (χ1) is 8.13. The molecule has 2 aromatic rings. The van der Waals surface area contributed by atoms with Gasteiger partial charge in [-0.2, -0.15) is 5.10 Å². The number of nitrogens with one attached hydrogen (secondary N) is 1. The van der Waals surface area contributed by atoms with Gasteiger partial charge in [0.15, 0.2) is 0 Å². The zero-order valence-corrected chi connectivity index (χ0v) is 10.2. The van der Waals surface area contributed by atoms with Gasteiger partial charge in [0.25, 0.3) is 0 Å². The van der Waals surface area contributed by atoms with Crippen LogP contribution in [-0.2, 0) is 7.05 Å². The Morgan fingerprint density at radius 2 is 2.12 bits per heavy atom. The van der Waals surface area contributed by atoms with Crippen LogP contribution in [-0.4, -0.2) is 16.8 Å². The van der Waals surface area contributed by atoms with Crippen LogP contribution < -0.4 is 5.32 Å². The second kappa shape index (κ2) is 4.67. The van der Waals surface area contributed by atoms with Gasteiger partial charge in [-0.3, -0.25) is 4.68 Å². The Morgan fingerprint density at radius 3 is 2.65 bits per heavy atom. The van der Waals surface area contributed by atoms with Crippen LogP contribution in [0, 0.1) is 12.7 Å². The molecule has 0 bridgehead atoms. The quantitative estimate of drug-likeness (QED) is 0.880. The first-order valence-corrected chi connectivity index (χ1v) is 5.54. The van der Waals surface area contributed by atoms with Crippen molar-refractivity contribution in [1.29, 1.82) is 0 Å². The predicted molar refractivity (Wildman–Crippen MR) is 65.2 cm³/mol. The number of rotatable bonds is 3. The summed E-state index contributed by atoms with van der Waals surface area (Å²) in [5.41, 5.74) is 2.75. The lowest BCUT2D eigenvalue weighted by Crippen LogP contribution is -2.20. The summed E-state index contributed by atoms with van der Waals surface area (Å²) in [6.45, 7) is 1.77. The summed E-state index contributed by atoms with van der Waals surface area (Å²) in [4.78, 5) is 0. The van der Waals surface area contributed by atoms with E-state index in [0.717, 1.165) is 11.3 Å². The van der Waals surface area contributed by atoms with Crippen molar-refractivity contribution in [3.63, 3.8) is 0 Å². The molecule has 0 saturated carbocycles. The lowest BCUT2D eigenvalue weighted by molar-refractivity contribution is 0.596. The van der Waals surface area contributed by atoms with Gasteiger partial charge in [0, 0.05) is 13.2 Å². The van der Waals surface area contributed by atoms with Crippen molar-refractivity contribution >= 4 is 0 Å². The highest BCUT2D eigenvalue weighted by atomic mass is 19.1. The molecule has 17 heavy (non-hydrogen) atoms. The van der Waals surface area contributed by atoms with Gasteiger partial charge in [-0.25, -0.2) is 4.39 Å². The smallest absolute Gasteiger partial charge is 0.126 e. The molecule has 0 saturated heterocycles. The van der Waals surface area contributed by atoms with E-state index in [1.807, 2.05) is 30.9 Å². The average molecular weight is 233 g/mol. The van der Waals surface area contributed by atoms with Crippen LogP contribution in [0.3, 0.4) is 0 Å². The molecule has 1 aromatic carbocycles. The van der Waals surface area contributed by atoms with Crippen LogP contribution in [0.4, 0.5) is 4.39 Å². The number of hydrogen-bond acceptors (Lipinski definition) is 2. The third-order valence-electron chi connectivity index (χ3n) is 2.96. The molecule has 1 atom stereocenters. The number of halogens is 1. The third-order valence-corrected chi connectivity index (χ3v) is 2.96. The maximum Gasteiger partial charge on any atom is 0.126 e. The topological polar surface area (TPSA) is 29.9 Å². The van der Waals surface area contributed by atoms with E-state index in [1.165, 1.54) is 6.07 Å². The maximum absolute atomic E-state index is 13.2. The summed E-state index contributed by atoms with van der Waals surface area (Å²) in [6.07, 6.45) is 1.76. The molecule has 3 nitrogen and oxygen atoms in total. The molecule has 4 heteroatoms. The van der Waals surface area contributed by atoms with Crippen LogP contribution in [0.1, 0.15) is 22.9 Å². The molecule has 0 aliphatic rings. The van der Waals surface area contributed by atoms with Crippen molar-refractivity contribution in [2.75, 3.05) is 7.05 Å². The van der Waals surface area contributed by atoms with Gasteiger partial charge < -0.3 is 5.32 Å². The van der Waals surface area contributed by atoms with Crippen molar-refractivity contribution < 1.29 is 4.39 Å². The molecule has 0 fully saturated rings. The Labute approximate surface area is 100 Å². The first-order valence-electron chi connectivity index (χ1n) is 5.54. The molecule has 0 spiro atoms. The fraction of sp³-hybridized carbons (Fsp3) is 0.308. The maximum atomic E-state index is 13.2. The molecule has 0 amide bonds. The van der Waals surface area contributed by atoms with E-state index in [4.69, 9.17) is 0 Å². The van der Waals surface area contributed by atoms with E-state index in [0.29, 0.717) is 5.56 Å². The molecule has 0 aliphatic carbocycles. The first kappa shape index (κ1) is 11.8. The van der Waals surface area contributed by atoms with E-state index in [1.54, 1.807) is 19.2 Å². The second-order valence-corrected chi connectivity index (χ2v) is 4.11. The molecule has 0 radical (unpaired) electrons. The third kappa shape index (κ3) is 2.22. The minimum atomic E-state index is -0.173. The minimum Gasteiger partial charge on any atom is -0.308 e. The van der Waals surface area contributed by atoms with Crippen molar-refractivity contribution in [3.8, 4) is 0 Å². The molecule has 90 valence electrons. The van der Waals surface area contributed by atoms with Crippen LogP contribution in [0.5, 0.6) is 0 Å². The summed E-state index contributed by atoms with van der Waals surface area (Å²) in [6, 6.07) is 7.16. The van der Waals surface area contributed by atoms with Crippen LogP contribution in [0.15, 0.2) is 30.5 Å². The highest BCUT2D eigenvalue weighted by Crippen LogP contribution is 2.22. The van der Waals surface area contributed by atoms with Crippen molar-refractivity contribution in [1.82, 2.24) is 15.1 Å². The Morgan fingerprint density at radius 1 is 1.35 bits per heavy atom. The number of nitrogens with zero attached hydrogens (tertiary/aromatic N) is 2. The number of aryl methyl sites for hydroxylation is 2. The fourth-order valence-corrected chi connectivity index (χ4v) is 2.00. The predicted octanol–water partition coefficient (Wildman–Crippen LogP) is 2.18. The van der Waals surface area contributed by atoms with E-state index < -0.39 is 0 Å². The molecular weight excluding hydrogens is 217 g/mol. The summed E-state index contributed by atoms with van der Waals surface area (Å²) in [5, 5.41) is 7.38. The molecule has 1 heterocycles. The fourth-order valence-electron chi connectivity index (χ4n) is 2.00. The van der Waals surface area contributed by atoms with Gasteiger partial charge >= 0.3 is 0 Å². The summed E-state index contributed by atoms with van der Waals surface area (Å²) >= 11 is 0.